The monoisotopic (exact) mass is 319 g/mol. The van der Waals surface area contributed by atoms with E-state index >= 15 is 0 Å². The number of thioether (sulfide) groups is 1. The lowest BCUT2D eigenvalue weighted by atomic mass is 10.3. The average Bonchev–Trinajstić information content (AvgIpc) is 2.37. The Kier molecular flexibility index (Phi) is 5.78. The zero-order valence-electron chi connectivity index (χ0n) is 11.4. The number of rotatable bonds is 7. The molecule has 9 heteroatoms. The van der Waals surface area contributed by atoms with Gasteiger partial charge in [0.1, 0.15) is 5.69 Å². The number of benzene rings is 1. The molecular weight excluding hydrogens is 302 g/mol. The molecule has 1 atom stereocenters. The van der Waals surface area contributed by atoms with Crippen molar-refractivity contribution in [1.29, 1.82) is 0 Å². The van der Waals surface area contributed by atoms with Crippen LogP contribution in [-0.2, 0) is 10.0 Å². The van der Waals surface area contributed by atoms with Crippen molar-refractivity contribution < 1.29 is 13.3 Å². The molecule has 1 aromatic carbocycles. The summed E-state index contributed by atoms with van der Waals surface area (Å²) in [5.41, 5.74) is -0.283. The molecule has 0 saturated heterocycles. The molecule has 20 heavy (non-hydrogen) atoms. The van der Waals surface area contributed by atoms with Crippen molar-refractivity contribution in [1.82, 2.24) is 4.72 Å². The highest BCUT2D eigenvalue weighted by Crippen LogP contribution is 2.31. The van der Waals surface area contributed by atoms with E-state index in [-0.39, 0.29) is 16.6 Å². The number of nitrogens with zero attached hydrogens (tertiary/aromatic N) is 1. The average molecular weight is 319 g/mol. The van der Waals surface area contributed by atoms with Crippen LogP contribution in [0.25, 0.3) is 0 Å². The number of para-hydroxylation sites is 1. The molecule has 0 aliphatic heterocycles. The number of nitrogens with one attached hydrogen (secondary N) is 2. The Balaban J connectivity index is 3.28. The Bertz CT molecular complexity index is 589. The molecule has 0 saturated carbocycles. The Morgan fingerprint density at radius 3 is 2.60 bits per heavy atom. The second-order valence-corrected chi connectivity index (χ2v) is 6.73. The zero-order chi connectivity index (χ0) is 15.3. The first-order chi connectivity index (χ1) is 9.33. The minimum absolute atomic E-state index is 0.162. The van der Waals surface area contributed by atoms with E-state index in [4.69, 9.17) is 0 Å². The molecule has 7 nitrogen and oxygen atoms in total. The van der Waals surface area contributed by atoms with Gasteiger partial charge in [-0.2, -0.15) is 11.8 Å². The summed E-state index contributed by atoms with van der Waals surface area (Å²) >= 11 is 1.49. The van der Waals surface area contributed by atoms with Crippen LogP contribution in [0.5, 0.6) is 0 Å². The van der Waals surface area contributed by atoms with Gasteiger partial charge < -0.3 is 5.32 Å². The van der Waals surface area contributed by atoms with Gasteiger partial charge in [0.25, 0.3) is 0 Å². The number of anilines is 1. The first-order valence-electron chi connectivity index (χ1n) is 5.80. The molecule has 0 heterocycles. The van der Waals surface area contributed by atoms with Crippen molar-refractivity contribution in [3.05, 3.63) is 28.3 Å². The van der Waals surface area contributed by atoms with E-state index in [1.807, 2.05) is 6.26 Å². The number of sulfonamides is 1. The molecular formula is C11H17N3O4S2. The number of hydrogen-bond acceptors (Lipinski definition) is 6. The Labute approximate surface area is 122 Å². The van der Waals surface area contributed by atoms with Crippen molar-refractivity contribution in [2.24, 2.45) is 0 Å². The zero-order valence-corrected chi connectivity index (χ0v) is 13.0. The number of hydrogen-bond donors (Lipinski definition) is 2. The van der Waals surface area contributed by atoms with Gasteiger partial charge in [0, 0.05) is 18.8 Å². The van der Waals surface area contributed by atoms with Crippen LogP contribution >= 0.6 is 11.8 Å². The second kappa shape index (κ2) is 6.91. The lowest BCUT2D eigenvalue weighted by Crippen LogP contribution is -2.34. The van der Waals surface area contributed by atoms with Crippen molar-refractivity contribution in [2.75, 3.05) is 24.4 Å². The van der Waals surface area contributed by atoms with Gasteiger partial charge in [0.2, 0.25) is 10.0 Å². The molecule has 0 aliphatic rings. The van der Waals surface area contributed by atoms with Crippen LogP contribution in [0.2, 0.25) is 0 Å². The van der Waals surface area contributed by atoms with E-state index in [1.165, 1.54) is 37.0 Å². The maximum atomic E-state index is 12.3. The largest absolute Gasteiger partial charge is 0.383 e. The van der Waals surface area contributed by atoms with Crippen LogP contribution < -0.4 is 10.0 Å². The van der Waals surface area contributed by atoms with Crippen molar-refractivity contribution in [3.63, 3.8) is 0 Å². The fourth-order valence-corrected chi connectivity index (χ4v) is 3.87. The van der Waals surface area contributed by atoms with Gasteiger partial charge in [0.15, 0.2) is 4.90 Å². The molecule has 0 spiro atoms. The summed E-state index contributed by atoms with van der Waals surface area (Å²) in [5, 5.41) is 13.8. The van der Waals surface area contributed by atoms with Crippen molar-refractivity contribution in [2.45, 2.75) is 17.9 Å². The van der Waals surface area contributed by atoms with Crippen molar-refractivity contribution >= 4 is 33.2 Å². The number of nitro benzene ring substituents is 1. The molecule has 1 rings (SSSR count). The first-order valence-corrected chi connectivity index (χ1v) is 8.67. The third kappa shape index (κ3) is 3.84. The molecule has 2 N–H and O–H groups in total. The minimum atomic E-state index is -3.93. The van der Waals surface area contributed by atoms with Gasteiger partial charge in [-0.3, -0.25) is 10.1 Å². The smallest absolute Gasteiger partial charge is 0.312 e. The van der Waals surface area contributed by atoms with Crippen LogP contribution in [0.1, 0.15) is 6.92 Å². The normalized spacial score (nSPS) is 12.9. The Hall–Kier alpha value is -1.32. The molecule has 112 valence electrons. The van der Waals surface area contributed by atoms with Gasteiger partial charge in [-0.05, 0) is 25.3 Å². The van der Waals surface area contributed by atoms with E-state index in [1.54, 1.807) is 6.92 Å². The van der Waals surface area contributed by atoms with Gasteiger partial charge in [-0.1, -0.05) is 6.07 Å². The highest BCUT2D eigenvalue weighted by molar-refractivity contribution is 7.98. The molecule has 0 amide bonds. The fourth-order valence-electron chi connectivity index (χ4n) is 1.74. The predicted molar refractivity (Wildman–Crippen MR) is 80.8 cm³/mol. The summed E-state index contributed by atoms with van der Waals surface area (Å²) in [6.45, 7) is 1.71. The van der Waals surface area contributed by atoms with E-state index in [0.29, 0.717) is 5.75 Å². The third-order valence-electron chi connectivity index (χ3n) is 2.51. The van der Waals surface area contributed by atoms with E-state index in [2.05, 4.69) is 10.0 Å². The first kappa shape index (κ1) is 16.7. The maximum Gasteiger partial charge on any atom is 0.312 e. The van der Waals surface area contributed by atoms with Crippen LogP contribution in [-0.4, -0.2) is 38.4 Å². The predicted octanol–water partition coefficient (Wildman–Crippen LogP) is 1.67. The number of nitro groups is 1. The second-order valence-electron chi connectivity index (χ2n) is 4.14. The fraction of sp³-hybridized carbons (Fsp3) is 0.455. The quantitative estimate of drug-likeness (QED) is 0.585. The van der Waals surface area contributed by atoms with E-state index in [9.17, 15) is 18.5 Å². The SMILES string of the molecule is CNc1cccc(S(=O)(=O)NC(C)CSC)c1[N+](=O)[O-]. The summed E-state index contributed by atoms with van der Waals surface area (Å²) < 4.78 is 27.0. The van der Waals surface area contributed by atoms with Crippen molar-refractivity contribution in [3.8, 4) is 0 Å². The summed E-state index contributed by atoms with van der Waals surface area (Å²) in [6, 6.07) is 3.84. The summed E-state index contributed by atoms with van der Waals surface area (Å²) in [5.74, 6) is 0.582. The van der Waals surface area contributed by atoms with Gasteiger partial charge in [-0.25, -0.2) is 13.1 Å². The highest BCUT2D eigenvalue weighted by atomic mass is 32.2. The van der Waals surface area contributed by atoms with Gasteiger partial charge in [0.05, 0.1) is 4.92 Å². The molecule has 0 radical (unpaired) electrons. The van der Waals surface area contributed by atoms with Crippen LogP contribution in [0, 0.1) is 10.1 Å². The standard InChI is InChI=1S/C11H17N3O4S2/c1-8(7-19-3)13-20(17,18)10-6-4-5-9(12-2)11(10)14(15)16/h4-6,8,12-13H,7H2,1-3H3. The minimum Gasteiger partial charge on any atom is -0.383 e. The third-order valence-corrected chi connectivity index (χ3v) is 4.97. The topological polar surface area (TPSA) is 101 Å². The summed E-state index contributed by atoms with van der Waals surface area (Å²) in [4.78, 5) is 10.1. The molecule has 0 bridgehead atoms. The van der Waals surface area contributed by atoms with Crippen LogP contribution in [0.15, 0.2) is 23.1 Å². The van der Waals surface area contributed by atoms with Gasteiger partial charge in [-0.15, -0.1) is 0 Å². The van der Waals surface area contributed by atoms with Gasteiger partial charge >= 0.3 is 5.69 Å². The Morgan fingerprint density at radius 2 is 2.10 bits per heavy atom. The Morgan fingerprint density at radius 1 is 1.45 bits per heavy atom. The molecule has 0 fully saturated rings. The lowest BCUT2D eigenvalue weighted by Gasteiger charge is -2.14. The lowest BCUT2D eigenvalue weighted by molar-refractivity contribution is -0.386. The molecule has 0 aliphatic carbocycles. The van der Waals surface area contributed by atoms with E-state index in [0.717, 1.165) is 0 Å². The summed E-state index contributed by atoms with van der Waals surface area (Å²) in [7, 11) is -2.43. The molecule has 1 aromatic rings. The van der Waals surface area contributed by atoms with Crippen LogP contribution in [0.4, 0.5) is 11.4 Å². The van der Waals surface area contributed by atoms with E-state index < -0.39 is 20.6 Å². The highest BCUT2D eigenvalue weighted by Gasteiger charge is 2.29. The maximum absolute atomic E-state index is 12.3. The molecule has 0 aromatic heterocycles. The van der Waals surface area contributed by atoms with Crippen LogP contribution in [0.3, 0.4) is 0 Å². The summed E-state index contributed by atoms with van der Waals surface area (Å²) in [6.07, 6.45) is 1.86. The molecule has 1 unspecified atom stereocenters.